The first-order chi connectivity index (χ1) is 7.54. The highest BCUT2D eigenvalue weighted by molar-refractivity contribution is 9.10. The summed E-state index contributed by atoms with van der Waals surface area (Å²) in [6.07, 6.45) is 1.62. The van der Waals surface area contributed by atoms with Crippen LogP contribution in [-0.2, 0) is 4.79 Å². The van der Waals surface area contributed by atoms with Crippen LogP contribution in [0.2, 0.25) is 0 Å². The number of nitrogens with one attached hydrogen (secondary N) is 1. The molecule has 0 saturated heterocycles. The lowest BCUT2D eigenvalue weighted by molar-refractivity contribution is -0.117. The Morgan fingerprint density at radius 1 is 1.56 bits per heavy atom. The lowest BCUT2D eigenvalue weighted by Crippen LogP contribution is -2.35. The average molecular weight is 285 g/mol. The van der Waals surface area contributed by atoms with Crippen molar-refractivity contribution in [2.24, 2.45) is 5.73 Å². The number of halogens is 1. The minimum Gasteiger partial charge on any atom is -0.324 e. The maximum absolute atomic E-state index is 11.7. The lowest BCUT2D eigenvalue weighted by atomic mass is 10.1. The van der Waals surface area contributed by atoms with E-state index in [9.17, 15) is 4.79 Å². The smallest absolute Gasteiger partial charge is 0.241 e. The van der Waals surface area contributed by atoms with E-state index in [2.05, 4.69) is 21.2 Å². The average Bonchev–Trinajstić information content (AvgIpc) is 2.22. The minimum absolute atomic E-state index is 0.118. The highest BCUT2D eigenvalue weighted by atomic mass is 79.9. The minimum atomic E-state index is -0.423. The summed E-state index contributed by atoms with van der Waals surface area (Å²) in [4.78, 5) is 11.7. The highest BCUT2D eigenvalue weighted by Crippen LogP contribution is 2.20. The van der Waals surface area contributed by atoms with Crippen molar-refractivity contribution in [1.29, 1.82) is 0 Å². The van der Waals surface area contributed by atoms with Gasteiger partial charge in [0.1, 0.15) is 0 Å². The second-order valence-corrected chi connectivity index (χ2v) is 4.76. The Morgan fingerprint density at radius 2 is 2.25 bits per heavy atom. The molecule has 1 atom stereocenters. The molecule has 0 spiro atoms. The summed E-state index contributed by atoms with van der Waals surface area (Å²) in [5.74, 6) is -0.118. The lowest BCUT2D eigenvalue weighted by Gasteiger charge is -2.13. The molecule has 88 valence electrons. The fraction of sp³-hybridized carbons (Fsp3) is 0.417. The molecule has 1 amide bonds. The molecule has 0 heterocycles. The van der Waals surface area contributed by atoms with E-state index in [0.717, 1.165) is 22.1 Å². The summed E-state index contributed by atoms with van der Waals surface area (Å²) in [5, 5.41) is 2.84. The topological polar surface area (TPSA) is 55.1 Å². The van der Waals surface area contributed by atoms with Crippen LogP contribution in [0.15, 0.2) is 22.7 Å². The van der Waals surface area contributed by atoms with Gasteiger partial charge in [0.15, 0.2) is 0 Å². The molecule has 1 rings (SSSR count). The fourth-order valence-corrected chi connectivity index (χ4v) is 1.91. The summed E-state index contributed by atoms with van der Waals surface area (Å²) in [6, 6.07) is 5.30. The van der Waals surface area contributed by atoms with Crippen LogP contribution in [0.1, 0.15) is 25.3 Å². The Morgan fingerprint density at radius 3 is 2.81 bits per heavy atom. The van der Waals surface area contributed by atoms with Gasteiger partial charge in [-0.15, -0.1) is 0 Å². The molecular formula is C12H17BrN2O. The van der Waals surface area contributed by atoms with Crippen LogP contribution in [0.4, 0.5) is 5.69 Å². The van der Waals surface area contributed by atoms with Crippen molar-refractivity contribution < 1.29 is 4.79 Å². The quantitative estimate of drug-likeness (QED) is 0.893. The molecular weight excluding hydrogens is 268 g/mol. The molecule has 0 aromatic heterocycles. The van der Waals surface area contributed by atoms with Gasteiger partial charge in [0, 0.05) is 10.2 Å². The number of amides is 1. The Hall–Kier alpha value is -0.870. The molecule has 1 aromatic carbocycles. The Kier molecular flexibility index (Phi) is 4.96. The normalized spacial score (nSPS) is 12.2. The fourth-order valence-electron chi connectivity index (χ4n) is 1.43. The molecule has 0 radical (unpaired) electrons. The third-order valence-electron chi connectivity index (χ3n) is 2.38. The van der Waals surface area contributed by atoms with Gasteiger partial charge in [-0.3, -0.25) is 4.79 Å². The van der Waals surface area contributed by atoms with Crippen LogP contribution in [0.5, 0.6) is 0 Å². The molecule has 3 N–H and O–H groups in total. The summed E-state index contributed by atoms with van der Waals surface area (Å²) in [6.45, 7) is 3.96. The van der Waals surface area contributed by atoms with Crippen molar-refractivity contribution in [3.8, 4) is 0 Å². The standard InChI is InChI=1S/C12H17BrN2O/c1-3-4-10(14)12(16)15-11-6-5-9(13)7-8(11)2/h5-7,10H,3-4,14H2,1-2H3,(H,15,16)/t10-/m1/s1. The van der Waals surface area contributed by atoms with Crippen LogP contribution in [0, 0.1) is 6.92 Å². The van der Waals surface area contributed by atoms with Gasteiger partial charge in [0.2, 0.25) is 5.91 Å². The molecule has 16 heavy (non-hydrogen) atoms. The van der Waals surface area contributed by atoms with Crippen molar-refractivity contribution >= 4 is 27.5 Å². The van der Waals surface area contributed by atoms with E-state index in [0.29, 0.717) is 6.42 Å². The molecule has 0 saturated carbocycles. The number of benzene rings is 1. The van der Waals surface area contributed by atoms with Gasteiger partial charge in [-0.2, -0.15) is 0 Å². The molecule has 0 unspecified atom stereocenters. The van der Waals surface area contributed by atoms with Crippen molar-refractivity contribution in [1.82, 2.24) is 0 Å². The number of nitrogens with two attached hydrogens (primary N) is 1. The zero-order valence-corrected chi connectivity index (χ0v) is 11.2. The number of hydrogen-bond donors (Lipinski definition) is 2. The monoisotopic (exact) mass is 284 g/mol. The SMILES string of the molecule is CCC[C@@H](N)C(=O)Nc1ccc(Br)cc1C. The molecule has 0 aliphatic heterocycles. The molecule has 0 fully saturated rings. The Labute approximate surface area is 105 Å². The van der Waals surface area contributed by atoms with E-state index in [1.807, 2.05) is 32.0 Å². The number of hydrogen-bond acceptors (Lipinski definition) is 2. The predicted molar refractivity (Wildman–Crippen MR) is 70.4 cm³/mol. The van der Waals surface area contributed by atoms with Gasteiger partial charge < -0.3 is 11.1 Å². The van der Waals surface area contributed by atoms with E-state index < -0.39 is 6.04 Å². The van der Waals surface area contributed by atoms with E-state index in [-0.39, 0.29) is 5.91 Å². The molecule has 0 aliphatic carbocycles. The summed E-state index contributed by atoms with van der Waals surface area (Å²) < 4.78 is 1.00. The highest BCUT2D eigenvalue weighted by Gasteiger charge is 2.13. The van der Waals surface area contributed by atoms with Crippen molar-refractivity contribution in [2.75, 3.05) is 5.32 Å². The van der Waals surface area contributed by atoms with E-state index in [1.165, 1.54) is 0 Å². The largest absolute Gasteiger partial charge is 0.324 e. The van der Waals surface area contributed by atoms with Gasteiger partial charge in [-0.05, 0) is 37.1 Å². The predicted octanol–water partition coefficient (Wildman–Crippen LogP) is 2.82. The molecule has 3 nitrogen and oxygen atoms in total. The summed E-state index contributed by atoms with van der Waals surface area (Å²) >= 11 is 3.38. The maximum Gasteiger partial charge on any atom is 0.241 e. The third kappa shape index (κ3) is 3.61. The summed E-state index contributed by atoms with van der Waals surface area (Å²) in [7, 11) is 0. The van der Waals surface area contributed by atoms with E-state index in [4.69, 9.17) is 5.73 Å². The van der Waals surface area contributed by atoms with Gasteiger partial charge in [0.05, 0.1) is 6.04 Å². The van der Waals surface area contributed by atoms with Crippen LogP contribution in [0.3, 0.4) is 0 Å². The first-order valence-electron chi connectivity index (χ1n) is 5.37. The maximum atomic E-state index is 11.7. The summed E-state index contributed by atoms with van der Waals surface area (Å²) in [5.41, 5.74) is 7.57. The number of aryl methyl sites for hydroxylation is 1. The number of rotatable bonds is 4. The van der Waals surface area contributed by atoms with Crippen LogP contribution in [0.25, 0.3) is 0 Å². The molecule has 0 bridgehead atoms. The van der Waals surface area contributed by atoms with Crippen molar-refractivity contribution in [3.05, 3.63) is 28.2 Å². The van der Waals surface area contributed by atoms with E-state index in [1.54, 1.807) is 0 Å². The first-order valence-corrected chi connectivity index (χ1v) is 6.16. The Bertz CT molecular complexity index is 379. The number of anilines is 1. The Balaban J connectivity index is 2.69. The second kappa shape index (κ2) is 6.01. The zero-order chi connectivity index (χ0) is 12.1. The molecule has 0 aliphatic rings. The number of carbonyl (C=O) groups is 1. The van der Waals surface area contributed by atoms with Crippen molar-refractivity contribution in [2.45, 2.75) is 32.7 Å². The zero-order valence-electron chi connectivity index (χ0n) is 9.59. The van der Waals surface area contributed by atoms with E-state index >= 15 is 0 Å². The van der Waals surface area contributed by atoms with Crippen molar-refractivity contribution in [3.63, 3.8) is 0 Å². The van der Waals surface area contributed by atoms with Gasteiger partial charge >= 0.3 is 0 Å². The van der Waals surface area contributed by atoms with Gasteiger partial charge in [0.25, 0.3) is 0 Å². The van der Waals surface area contributed by atoms with Crippen LogP contribution in [-0.4, -0.2) is 11.9 Å². The third-order valence-corrected chi connectivity index (χ3v) is 2.88. The molecule has 1 aromatic rings. The van der Waals surface area contributed by atoms with Crippen LogP contribution >= 0.6 is 15.9 Å². The second-order valence-electron chi connectivity index (χ2n) is 3.84. The van der Waals surface area contributed by atoms with Crippen LogP contribution < -0.4 is 11.1 Å². The van der Waals surface area contributed by atoms with Gasteiger partial charge in [-0.25, -0.2) is 0 Å². The first kappa shape index (κ1) is 13.2. The molecule has 4 heteroatoms. The van der Waals surface area contributed by atoms with Gasteiger partial charge in [-0.1, -0.05) is 29.3 Å². The number of carbonyl (C=O) groups excluding carboxylic acids is 1.